The Morgan fingerprint density at radius 1 is 1.29 bits per heavy atom. The van der Waals surface area contributed by atoms with Crippen LogP contribution in [0, 0.1) is 5.92 Å². The van der Waals surface area contributed by atoms with Gasteiger partial charge in [-0.05, 0) is 38.3 Å². The van der Waals surface area contributed by atoms with Crippen molar-refractivity contribution in [3.05, 3.63) is 0 Å². The third kappa shape index (κ3) is 3.60. The quantitative estimate of drug-likeness (QED) is 0.769. The Labute approximate surface area is 105 Å². The number of likely N-dealkylation sites (tertiary alicyclic amines) is 1. The van der Waals surface area contributed by atoms with Crippen LogP contribution < -0.4 is 10.6 Å². The van der Waals surface area contributed by atoms with Gasteiger partial charge < -0.3 is 10.6 Å². The molecule has 17 heavy (non-hydrogen) atoms. The summed E-state index contributed by atoms with van der Waals surface area (Å²) in [5.41, 5.74) is 0. The summed E-state index contributed by atoms with van der Waals surface area (Å²) in [4.78, 5) is 7.09. The third-order valence-electron chi connectivity index (χ3n) is 3.76. The van der Waals surface area contributed by atoms with Gasteiger partial charge in [0.1, 0.15) is 0 Å². The standard InChI is InChI=1S/C13H26N4/c1-11(2)12(17-8-3-4-9-17)10-16-13-14-6-5-7-15-13/h11-12H,3-10H2,1-2H3,(H2,14,15,16). The second kappa shape index (κ2) is 6.24. The Balaban J connectivity index is 1.82. The van der Waals surface area contributed by atoms with E-state index < -0.39 is 0 Å². The first-order valence-electron chi connectivity index (χ1n) is 7.03. The first-order valence-corrected chi connectivity index (χ1v) is 7.03. The van der Waals surface area contributed by atoms with Crippen LogP contribution in [0.1, 0.15) is 33.1 Å². The second-order valence-electron chi connectivity index (χ2n) is 5.45. The molecule has 4 heteroatoms. The van der Waals surface area contributed by atoms with E-state index >= 15 is 0 Å². The van der Waals surface area contributed by atoms with E-state index in [9.17, 15) is 0 Å². The normalized spacial score (nSPS) is 23.4. The van der Waals surface area contributed by atoms with Crippen molar-refractivity contribution in [2.75, 3.05) is 32.7 Å². The lowest BCUT2D eigenvalue weighted by Gasteiger charge is -2.31. The summed E-state index contributed by atoms with van der Waals surface area (Å²) < 4.78 is 0. The highest BCUT2D eigenvalue weighted by atomic mass is 15.2. The number of hydrogen-bond donors (Lipinski definition) is 2. The molecule has 0 saturated carbocycles. The number of nitrogens with zero attached hydrogens (tertiary/aromatic N) is 2. The van der Waals surface area contributed by atoms with Gasteiger partial charge in [-0.2, -0.15) is 0 Å². The maximum Gasteiger partial charge on any atom is 0.191 e. The predicted octanol–water partition coefficient (Wildman–Crippen LogP) is 1.05. The van der Waals surface area contributed by atoms with Crippen LogP contribution in [0.25, 0.3) is 0 Å². The van der Waals surface area contributed by atoms with Gasteiger partial charge in [0, 0.05) is 25.7 Å². The lowest BCUT2D eigenvalue weighted by Crippen LogP contribution is -2.49. The van der Waals surface area contributed by atoms with Gasteiger partial charge in [-0.25, -0.2) is 0 Å². The number of rotatable bonds is 4. The summed E-state index contributed by atoms with van der Waals surface area (Å²) in [6, 6.07) is 0.643. The Hall–Kier alpha value is -0.770. The lowest BCUT2D eigenvalue weighted by atomic mass is 10.0. The van der Waals surface area contributed by atoms with Crippen LogP contribution in [-0.2, 0) is 0 Å². The first kappa shape index (κ1) is 12.7. The van der Waals surface area contributed by atoms with E-state index in [0.717, 1.165) is 32.0 Å². The van der Waals surface area contributed by atoms with Gasteiger partial charge in [-0.1, -0.05) is 13.8 Å². The average molecular weight is 238 g/mol. The minimum atomic E-state index is 0.643. The van der Waals surface area contributed by atoms with Gasteiger partial charge in [0.2, 0.25) is 0 Å². The number of aliphatic imine (C=N–C) groups is 1. The topological polar surface area (TPSA) is 39.7 Å². The molecule has 2 heterocycles. The van der Waals surface area contributed by atoms with Crippen molar-refractivity contribution in [1.29, 1.82) is 0 Å². The summed E-state index contributed by atoms with van der Waals surface area (Å²) in [5, 5.41) is 6.80. The van der Waals surface area contributed by atoms with Crippen LogP contribution in [0.15, 0.2) is 4.99 Å². The zero-order valence-corrected chi connectivity index (χ0v) is 11.2. The molecule has 0 aromatic carbocycles. The van der Waals surface area contributed by atoms with Crippen molar-refractivity contribution in [2.45, 2.75) is 39.2 Å². The van der Waals surface area contributed by atoms with E-state index in [1.807, 2.05) is 0 Å². The van der Waals surface area contributed by atoms with Crippen LogP contribution in [0.2, 0.25) is 0 Å². The van der Waals surface area contributed by atoms with E-state index in [4.69, 9.17) is 0 Å². The minimum absolute atomic E-state index is 0.643. The van der Waals surface area contributed by atoms with E-state index in [1.165, 1.54) is 25.9 Å². The molecule has 2 aliphatic rings. The predicted molar refractivity (Wildman–Crippen MR) is 72.4 cm³/mol. The number of hydrogen-bond acceptors (Lipinski definition) is 4. The van der Waals surface area contributed by atoms with E-state index in [0.29, 0.717) is 12.0 Å². The molecule has 1 saturated heterocycles. The molecular formula is C13H26N4. The minimum Gasteiger partial charge on any atom is -0.356 e. The Morgan fingerprint density at radius 2 is 2.06 bits per heavy atom. The molecule has 1 fully saturated rings. The second-order valence-corrected chi connectivity index (χ2v) is 5.45. The van der Waals surface area contributed by atoms with Gasteiger partial charge in [0.25, 0.3) is 0 Å². The highest BCUT2D eigenvalue weighted by Gasteiger charge is 2.24. The molecule has 2 rings (SSSR count). The molecule has 0 aliphatic carbocycles. The number of nitrogens with one attached hydrogen (secondary N) is 2. The smallest absolute Gasteiger partial charge is 0.191 e. The van der Waals surface area contributed by atoms with Crippen molar-refractivity contribution >= 4 is 5.96 Å². The van der Waals surface area contributed by atoms with E-state index in [-0.39, 0.29) is 0 Å². The zero-order chi connectivity index (χ0) is 12.1. The van der Waals surface area contributed by atoms with Crippen LogP contribution in [0.4, 0.5) is 0 Å². The van der Waals surface area contributed by atoms with Gasteiger partial charge in [-0.15, -0.1) is 0 Å². The maximum absolute atomic E-state index is 4.46. The van der Waals surface area contributed by atoms with Crippen LogP contribution >= 0.6 is 0 Å². The van der Waals surface area contributed by atoms with Gasteiger partial charge in [0.15, 0.2) is 5.96 Å². The van der Waals surface area contributed by atoms with Crippen molar-refractivity contribution in [2.24, 2.45) is 10.9 Å². The zero-order valence-electron chi connectivity index (χ0n) is 11.2. The third-order valence-corrected chi connectivity index (χ3v) is 3.76. The fourth-order valence-electron chi connectivity index (χ4n) is 2.71. The summed E-state index contributed by atoms with van der Waals surface area (Å²) in [6.45, 7) is 10.2. The van der Waals surface area contributed by atoms with Crippen molar-refractivity contribution in [3.8, 4) is 0 Å². The SMILES string of the molecule is CC(C)C(CNC1=NCCCN1)N1CCCC1. The lowest BCUT2D eigenvalue weighted by molar-refractivity contribution is 0.192. The number of guanidine groups is 1. The molecule has 2 N–H and O–H groups in total. The molecule has 0 bridgehead atoms. The molecule has 1 atom stereocenters. The fraction of sp³-hybridized carbons (Fsp3) is 0.923. The van der Waals surface area contributed by atoms with Crippen LogP contribution in [0.3, 0.4) is 0 Å². The van der Waals surface area contributed by atoms with Crippen LogP contribution in [-0.4, -0.2) is 49.6 Å². The van der Waals surface area contributed by atoms with Crippen molar-refractivity contribution in [3.63, 3.8) is 0 Å². The Bertz CT molecular complexity index is 256. The molecule has 0 aromatic heterocycles. The van der Waals surface area contributed by atoms with Gasteiger partial charge >= 0.3 is 0 Å². The summed E-state index contributed by atoms with van der Waals surface area (Å²) in [7, 11) is 0. The largest absolute Gasteiger partial charge is 0.356 e. The molecule has 4 nitrogen and oxygen atoms in total. The fourth-order valence-corrected chi connectivity index (χ4v) is 2.71. The Morgan fingerprint density at radius 3 is 2.65 bits per heavy atom. The van der Waals surface area contributed by atoms with Crippen molar-refractivity contribution in [1.82, 2.24) is 15.5 Å². The van der Waals surface area contributed by atoms with Gasteiger partial charge in [0.05, 0.1) is 0 Å². The maximum atomic E-state index is 4.46. The molecule has 0 amide bonds. The molecule has 1 unspecified atom stereocenters. The highest BCUT2D eigenvalue weighted by molar-refractivity contribution is 5.80. The van der Waals surface area contributed by atoms with E-state index in [1.54, 1.807) is 0 Å². The molecule has 0 spiro atoms. The highest BCUT2D eigenvalue weighted by Crippen LogP contribution is 2.17. The summed E-state index contributed by atoms with van der Waals surface area (Å²) in [6.07, 6.45) is 3.88. The monoisotopic (exact) mass is 238 g/mol. The van der Waals surface area contributed by atoms with Gasteiger partial charge in [-0.3, -0.25) is 9.89 Å². The Kier molecular flexibility index (Phi) is 4.66. The molecular weight excluding hydrogens is 212 g/mol. The summed E-state index contributed by atoms with van der Waals surface area (Å²) >= 11 is 0. The first-order chi connectivity index (χ1) is 8.27. The molecule has 0 radical (unpaired) electrons. The molecule has 0 aromatic rings. The van der Waals surface area contributed by atoms with Crippen LogP contribution in [0.5, 0.6) is 0 Å². The average Bonchev–Trinajstić information content (AvgIpc) is 2.84. The van der Waals surface area contributed by atoms with Crippen molar-refractivity contribution < 1.29 is 0 Å². The summed E-state index contributed by atoms with van der Waals surface area (Å²) in [5.74, 6) is 1.70. The molecule has 2 aliphatic heterocycles. The molecule has 98 valence electrons. The van der Waals surface area contributed by atoms with E-state index in [2.05, 4.69) is 34.4 Å².